The normalized spacial score (nSPS) is 11.1. The minimum atomic E-state index is -1.54. The molecule has 0 aliphatic carbocycles. The Balaban J connectivity index is 2.72. The third-order valence-electron chi connectivity index (χ3n) is 4.50. The van der Waals surface area contributed by atoms with Crippen LogP contribution in [0.1, 0.15) is 59.5 Å². The van der Waals surface area contributed by atoms with Crippen molar-refractivity contribution in [1.29, 1.82) is 0 Å². The minimum absolute atomic E-state index is 0.0943. The standard InChI is InChI=1S/C19H15FO8/c1-19(8-20,9-2-4-11(15(21)22)13(6-9)17(25)26)10-3-5-12(16(23)24)14(7-10)18(27)28/h2-7H,8H2,1H3,(H,21,22)(H,23,24)(H,25,26)(H,27,28). The molecule has 0 aliphatic heterocycles. The summed E-state index contributed by atoms with van der Waals surface area (Å²) < 4.78 is 14.1. The quantitative estimate of drug-likeness (QED) is 0.564. The Bertz CT molecular complexity index is 920. The van der Waals surface area contributed by atoms with Crippen LogP contribution in [0.15, 0.2) is 36.4 Å². The summed E-state index contributed by atoms with van der Waals surface area (Å²) in [6.45, 7) is 0.291. The van der Waals surface area contributed by atoms with E-state index in [9.17, 15) is 33.8 Å². The highest BCUT2D eigenvalue weighted by Gasteiger charge is 2.33. The summed E-state index contributed by atoms with van der Waals surface area (Å²) in [6.07, 6.45) is 0. The fourth-order valence-electron chi connectivity index (χ4n) is 2.82. The fourth-order valence-corrected chi connectivity index (χ4v) is 2.82. The first-order valence-corrected chi connectivity index (χ1v) is 7.81. The number of carboxylic acids is 4. The maximum absolute atomic E-state index is 14.1. The molecule has 9 heteroatoms. The number of rotatable bonds is 7. The van der Waals surface area contributed by atoms with Gasteiger partial charge in [-0.15, -0.1) is 0 Å². The van der Waals surface area contributed by atoms with E-state index in [1.165, 1.54) is 19.1 Å². The van der Waals surface area contributed by atoms with Gasteiger partial charge in [-0.05, 0) is 42.3 Å². The number of carbonyl (C=O) groups is 4. The van der Waals surface area contributed by atoms with Crippen molar-refractivity contribution in [3.8, 4) is 0 Å². The van der Waals surface area contributed by atoms with E-state index in [0.717, 1.165) is 24.3 Å². The SMILES string of the molecule is CC(CF)(c1ccc(C(=O)O)c(C(=O)O)c1)c1ccc(C(=O)O)c(C(=O)O)c1. The minimum Gasteiger partial charge on any atom is -0.478 e. The van der Waals surface area contributed by atoms with Crippen molar-refractivity contribution in [3.63, 3.8) is 0 Å². The van der Waals surface area contributed by atoms with Gasteiger partial charge in [0.25, 0.3) is 0 Å². The third-order valence-corrected chi connectivity index (χ3v) is 4.50. The monoisotopic (exact) mass is 390 g/mol. The van der Waals surface area contributed by atoms with Crippen LogP contribution >= 0.6 is 0 Å². The van der Waals surface area contributed by atoms with E-state index >= 15 is 0 Å². The van der Waals surface area contributed by atoms with Crippen molar-refractivity contribution in [3.05, 3.63) is 69.8 Å². The zero-order chi connectivity index (χ0) is 21.2. The summed E-state index contributed by atoms with van der Waals surface area (Å²) in [4.78, 5) is 45.2. The first-order chi connectivity index (χ1) is 13.0. The van der Waals surface area contributed by atoms with E-state index in [4.69, 9.17) is 10.2 Å². The lowest BCUT2D eigenvalue weighted by molar-refractivity contribution is 0.0651. The maximum atomic E-state index is 14.1. The summed E-state index contributed by atoms with van der Waals surface area (Å²) in [5, 5.41) is 36.7. The van der Waals surface area contributed by atoms with Gasteiger partial charge in [-0.3, -0.25) is 0 Å². The molecule has 0 heterocycles. The molecule has 0 amide bonds. The van der Waals surface area contributed by atoms with Gasteiger partial charge in [-0.2, -0.15) is 0 Å². The van der Waals surface area contributed by atoms with Gasteiger partial charge in [0.1, 0.15) is 6.67 Å². The molecule has 0 saturated heterocycles. The lowest BCUT2D eigenvalue weighted by Gasteiger charge is -2.28. The Morgan fingerprint density at radius 3 is 1.29 bits per heavy atom. The van der Waals surface area contributed by atoms with Crippen LogP contribution in [0.3, 0.4) is 0 Å². The smallest absolute Gasteiger partial charge is 0.336 e. The van der Waals surface area contributed by atoms with Gasteiger partial charge in [0.2, 0.25) is 0 Å². The Kier molecular flexibility index (Phi) is 5.49. The van der Waals surface area contributed by atoms with E-state index < -0.39 is 58.2 Å². The first-order valence-electron chi connectivity index (χ1n) is 7.81. The van der Waals surface area contributed by atoms with Gasteiger partial charge in [-0.1, -0.05) is 12.1 Å². The average Bonchev–Trinajstić information content (AvgIpc) is 2.65. The molecule has 28 heavy (non-hydrogen) atoms. The van der Waals surface area contributed by atoms with Gasteiger partial charge in [0, 0.05) is 5.41 Å². The number of alkyl halides is 1. The molecular weight excluding hydrogens is 375 g/mol. The van der Waals surface area contributed by atoms with Crippen LogP contribution in [-0.2, 0) is 5.41 Å². The highest BCUT2D eigenvalue weighted by Crippen LogP contribution is 2.35. The molecule has 0 bridgehead atoms. The molecule has 0 aliphatic rings. The second kappa shape index (κ2) is 7.47. The number of hydrogen-bond donors (Lipinski definition) is 4. The molecule has 0 atom stereocenters. The zero-order valence-electron chi connectivity index (χ0n) is 14.5. The van der Waals surface area contributed by atoms with Crippen LogP contribution < -0.4 is 0 Å². The maximum Gasteiger partial charge on any atom is 0.336 e. The van der Waals surface area contributed by atoms with Crippen LogP contribution in [0.5, 0.6) is 0 Å². The van der Waals surface area contributed by atoms with Crippen LogP contribution in [-0.4, -0.2) is 51.0 Å². The first kappa shape index (κ1) is 20.6. The van der Waals surface area contributed by atoms with Crippen LogP contribution in [0.4, 0.5) is 4.39 Å². The van der Waals surface area contributed by atoms with Crippen molar-refractivity contribution in [1.82, 2.24) is 0 Å². The third kappa shape index (κ3) is 3.54. The molecular formula is C19H15FO8. The Hall–Kier alpha value is -3.75. The van der Waals surface area contributed by atoms with Crippen molar-refractivity contribution < 1.29 is 44.0 Å². The number of benzene rings is 2. The largest absolute Gasteiger partial charge is 0.478 e. The number of aromatic carboxylic acids is 4. The molecule has 0 unspecified atom stereocenters. The number of hydrogen-bond acceptors (Lipinski definition) is 4. The fraction of sp³-hybridized carbons (Fsp3) is 0.158. The predicted octanol–water partition coefficient (Wildman–Crippen LogP) is 2.75. The lowest BCUT2D eigenvalue weighted by Crippen LogP contribution is -2.28. The summed E-state index contributed by atoms with van der Waals surface area (Å²) in [5.41, 5.74) is -3.42. The van der Waals surface area contributed by atoms with Crippen molar-refractivity contribution in [2.45, 2.75) is 12.3 Å². The van der Waals surface area contributed by atoms with E-state index in [-0.39, 0.29) is 11.1 Å². The highest BCUT2D eigenvalue weighted by molar-refractivity contribution is 6.02. The molecule has 2 aromatic rings. The molecule has 2 rings (SSSR count). The van der Waals surface area contributed by atoms with E-state index in [2.05, 4.69) is 0 Å². The molecule has 8 nitrogen and oxygen atoms in total. The second-order valence-corrected chi connectivity index (χ2v) is 6.21. The van der Waals surface area contributed by atoms with Gasteiger partial charge in [0.15, 0.2) is 0 Å². The molecule has 0 radical (unpaired) electrons. The molecule has 146 valence electrons. The molecule has 0 spiro atoms. The Labute approximate surface area is 157 Å². The van der Waals surface area contributed by atoms with Crippen molar-refractivity contribution in [2.24, 2.45) is 0 Å². The molecule has 0 saturated carbocycles. The van der Waals surface area contributed by atoms with Crippen molar-refractivity contribution >= 4 is 23.9 Å². The Morgan fingerprint density at radius 2 is 1.04 bits per heavy atom. The highest BCUT2D eigenvalue weighted by atomic mass is 19.1. The van der Waals surface area contributed by atoms with Gasteiger partial charge >= 0.3 is 23.9 Å². The van der Waals surface area contributed by atoms with Crippen molar-refractivity contribution in [2.75, 3.05) is 6.67 Å². The van der Waals surface area contributed by atoms with E-state index in [0.29, 0.717) is 0 Å². The molecule has 0 fully saturated rings. The predicted molar refractivity (Wildman–Crippen MR) is 93.2 cm³/mol. The molecule has 4 N–H and O–H groups in total. The van der Waals surface area contributed by atoms with E-state index in [1.807, 2.05) is 0 Å². The van der Waals surface area contributed by atoms with Gasteiger partial charge in [-0.25, -0.2) is 23.6 Å². The number of halogens is 1. The second-order valence-electron chi connectivity index (χ2n) is 6.21. The van der Waals surface area contributed by atoms with Crippen LogP contribution in [0, 0.1) is 0 Å². The molecule has 2 aromatic carbocycles. The average molecular weight is 390 g/mol. The summed E-state index contributed by atoms with van der Waals surface area (Å²) >= 11 is 0. The summed E-state index contributed by atoms with van der Waals surface area (Å²) in [6, 6.07) is 6.55. The lowest BCUT2D eigenvalue weighted by atomic mass is 9.75. The van der Waals surface area contributed by atoms with Gasteiger partial charge < -0.3 is 20.4 Å². The summed E-state index contributed by atoms with van der Waals surface area (Å²) in [7, 11) is 0. The van der Waals surface area contributed by atoms with Gasteiger partial charge in [0.05, 0.1) is 22.3 Å². The summed E-state index contributed by atoms with van der Waals surface area (Å²) in [5.74, 6) is -5.98. The Morgan fingerprint density at radius 1 is 0.714 bits per heavy atom. The topological polar surface area (TPSA) is 149 Å². The zero-order valence-corrected chi connectivity index (χ0v) is 14.5. The van der Waals surface area contributed by atoms with Crippen LogP contribution in [0.2, 0.25) is 0 Å². The number of carboxylic acid groups (broad SMARTS) is 4. The van der Waals surface area contributed by atoms with E-state index in [1.54, 1.807) is 0 Å². The molecule has 0 aromatic heterocycles. The van der Waals surface area contributed by atoms with Crippen LogP contribution in [0.25, 0.3) is 0 Å².